The van der Waals surface area contributed by atoms with Gasteiger partial charge in [-0.2, -0.15) is 0 Å². The van der Waals surface area contributed by atoms with Crippen LogP contribution in [-0.4, -0.2) is 4.92 Å². The fourth-order valence-corrected chi connectivity index (χ4v) is 1.68. The summed E-state index contributed by atoms with van der Waals surface area (Å²) in [6.45, 7) is 1.92. The number of nitro groups is 1. The summed E-state index contributed by atoms with van der Waals surface area (Å²) in [5.41, 5.74) is 2.65. The largest absolute Gasteiger partial charge is 0.277 e. The van der Waals surface area contributed by atoms with Crippen molar-refractivity contribution in [2.45, 2.75) is 6.92 Å². The number of aryl methyl sites for hydroxylation is 1. The molecule has 2 aromatic rings. The first-order valence-corrected chi connectivity index (χ1v) is 4.90. The molecule has 0 spiro atoms. The lowest BCUT2D eigenvalue weighted by atomic mass is 9.99. The number of hydrogen-bond donors (Lipinski definition) is 0. The number of benzene rings is 2. The van der Waals surface area contributed by atoms with Crippen molar-refractivity contribution >= 4 is 5.69 Å². The van der Waals surface area contributed by atoms with Crippen molar-refractivity contribution in [1.82, 2.24) is 0 Å². The molecule has 2 aromatic carbocycles. The first-order valence-electron chi connectivity index (χ1n) is 4.90. The van der Waals surface area contributed by atoms with Crippen LogP contribution in [-0.2, 0) is 0 Å². The Kier molecular flexibility index (Phi) is 2.68. The van der Waals surface area contributed by atoms with Gasteiger partial charge < -0.3 is 0 Å². The smallest absolute Gasteiger partial charge is 0.258 e. The molecule has 0 heterocycles. The Morgan fingerprint density at radius 2 is 1.94 bits per heavy atom. The monoisotopic (exact) mass is 212 g/mol. The van der Waals surface area contributed by atoms with Crippen LogP contribution >= 0.6 is 0 Å². The van der Waals surface area contributed by atoms with Crippen molar-refractivity contribution in [2.75, 3.05) is 0 Å². The van der Waals surface area contributed by atoms with E-state index >= 15 is 0 Å². The molecule has 0 amide bonds. The summed E-state index contributed by atoms with van der Waals surface area (Å²) in [4.78, 5) is 10.5. The molecule has 0 aliphatic rings. The molecule has 0 atom stereocenters. The molecule has 79 valence electrons. The highest BCUT2D eigenvalue weighted by molar-refractivity contribution is 5.75. The van der Waals surface area contributed by atoms with Crippen LogP contribution in [0.1, 0.15) is 5.56 Å². The van der Waals surface area contributed by atoms with Crippen molar-refractivity contribution in [3.8, 4) is 11.1 Å². The summed E-state index contributed by atoms with van der Waals surface area (Å²) in [5, 5.41) is 10.9. The third kappa shape index (κ3) is 1.80. The zero-order chi connectivity index (χ0) is 11.5. The van der Waals surface area contributed by atoms with Gasteiger partial charge in [0.05, 0.1) is 10.5 Å². The average Bonchev–Trinajstić information content (AvgIpc) is 2.29. The van der Waals surface area contributed by atoms with Crippen molar-refractivity contribution in [3.05, 3.63) is 64.2 Å². The predicted molar refractivity (Wildman–Crippen MR) is 62.1 cm³/mol. The molecule has 0 saturated carbocycles. The molecule has 3 nitrogen and oxygen atoms in total. The van der Waals surface area contributed by atoms with E-state index < -0.39 is 0 Å². The zero-order valence-corrected chi connectivity index (χ0v) is 8.81. The molecule has 0 aromatic heterocycles. The van der Waals surface area contributed by atoms with Crippen molar-refractivity contribution in [1.29, 1.82) is 0 Å². The molecule has 0 unspecified atom stereocenters. The van der Waals surface area contributed by atoms with E-state index in [0.29, 0.717) is 5.56 Å². The standard InChI is InChI=1S/C13H10NO2/c1-10-6-2-3-7-11(10)12-8-4-5-9-13(12)14(15)16/h3-9H,1H3. The molecule has 0 N–H and O–H groups in total. The van der Waals surface area contributed by atoms with Gasteiger partial charge in [-0.25, -0.2) is 0 Å². The van der Waals surface area contributed by atoms with Crippen molar-refractivity contribution < 1.29 is 4.92 Å². The van der Waals surface area contributed by atoms with Gasteiger partial charge in [0.1, 0.15) is 0 Å². The maximum atomic E-state index is 10.9. The Hall–Kier alpha value is -2.16. The first-order chi connectivity index (χ1) is 7.70. The molecule has 1 radical (unpaired) electrons. The summed E-state index contributed by atoms with van der Waals surface area (Å²) in [6.07, 6.45) is 0. The lowest BCUT2D eigenvalue weighted by molar-refractivity contribution is -0.384. The molecule has 0 aliphatic carbocycles. The topological polar surface area (TPSA) is 43.1 Å². The van der Waals surface area contributed by atoms with Gasteiger partial charge in [-0.05, 0) is 30.2 Å². The fraction of sp³-hybridized carbons (Fsp3) is 0.0769. The maximum Gasteiger partial charge on any atom is 0.277 e. The Balaban J connectivity index is 2.65. The van der Waals surface area contributed by atoms with E-state index in [1.165, 1.54) is 6.07 Å². The number of para-hydroxylation sites is 1. The number of nitrogens with zero attached hydrogens (tertiary/aromatic N) is 1. The second kappa shape index (κ2) is 4.14. The lowest BCUT2D eigenvalue weighted by Crippen LogP contribution is -1.92. The van der Waals surface area contributed by atoms with Crippen LogP contribution in [0.4, 0.5) is 5.69 Å². The van der Waals surface area contributed by atoms with Crippen molar-refractivity contribution in [2.24, 2.45) is 0 Å². The highest BCUT2D eigenvalue weighted by atomic mass is 16.6. The third-order valence-electron chi connectivity index (χ3n) is 2.46. The summed E-state index contributed by atoms with van der Waals surface area (Å²) in [7, 11) is 0. The van der Waals surface area contributed by atoms with Gasteiger partial charge in [-0.1, -0.05) is 30.3 Å². The molecule has 0 aliphatic heterocycles. The van der Waals surface area contributed by atoms with E-state index in [-0.39, 0.29) is 10.6 Å². The van der Waals surface area contributed by atoms with Crippen LogP contribution in [0.15, 0.2) is 42.5 Å². The Morgan fingerprint density at radius 3 is 2.62 bits per heavy atom. The van der Waals surface area contributed by atoms with Gasteiger partial charge >= 0.3 is 0 Å². The van der Waals surface area contributed by atoms with Gasteiger partial charge in [0.25, 0.3) is 5.69 Å². The highest BCUT2D eigenvalue weighted by Crippen LogP contribution is 2.31. The van der Waals surface area contributed by atoms with E-state index in [9.17, 15) is 10.1 Å². The third-order valence-corrected chi connectivity index (χ3v) is 2.46. The van der Waals surface area contributed by atoms with E-state index in [0.717, 1.165) is 11.1 Å². The van der Waals surface area contributed by atoms with Gasteiger partial charge in [0.2, 0.25) is 0 Å². The lowest BCUT2D eigenvalue weighted by Gasteiger charge is -2.05. The van der Waals surface area contributed by atoms with Gasteiger partial charge in [0, 0.05) is 6.07 Å². The van der Waals surface area contributed by atoms with Crippen LogP contribution in [0.5, 0.6) is 0 Å². The Morgan fingerprint density at radius 1 is 1.19 bits per heavy atom. The first kappa shape index (κ1) is 10.4. The van der Waals surface area contributed by atoms with E-state index in [2.05, 4.69) is 6.07 Å². The number of hydrogen-bond acceptors (Lipinski definition) is 2. The molecule has 0 saturated heterocycles. The second-order valence-electron chi connectivity index (χ2n) is 3.52. The average molecular weight is 212 g/mol. The van der Waals surface area contributed by atoms with Crippen LogP contribution in [0.3, 0.4) is 0 Å². The quantitative estimate of drug-likeness (QED) is 0.565. The molecular weight excluding hydrogens is 202 g/mol. The van der Waals surface area contributed by atoms with Crippen LogP contribution < -0.4 is 0 Å². The molecule has 16 heavy (non-hydrogen) atoms. The molecular formula is C13H10NO2. The van der Waals surface area contributed by atoms with Gasteiger partial charge in [-0.15, -0.1) is 0 Å². The van der Waals surface area contributed by atoms with Crippen molar-refractivity contribution in [3.63, 3.8) is 0 Å². The summed E-state index contributed by atoms with van der Waals surface area (Å²) < 4.78 is 0. The summed E-state index contributed by atoms with van der Waals surface area (Å²) in [5.74, 6) is 0. The summed E-state index contributed by atoms with van der Waals surface area (Å²) in [6, 6.07) is 15.1. The minimum absolute atomic E-state index is 0.136. The van der Waals surface area contributed by atoms with Gasteiger partial charge in [0.15, 0.2) is 0 Å². The fourth-order valence-electron chi connectivity index (χ4n) is 1.68. The van der Waals surface area contributed by atoms with Crippen LogP contribution in [0.25, 0.3) is 11.1 Å². The van der Waals surface area contributed by atoms with E-state index in [4.69, 9.17) is 0 Å². The molecule has 3 heteroatoms. The number of nitro benzene ring substituents is 1. The Bertz CT molecular complexity index is 535. The van der Waals surface area contributed by atoms with Crippen LogP contribution in [0.2, 0.25) is 0 Å². The second-order valence-corrected chi connectivity index (χ2v) is 3.52. The van der Waals surface area contributed by atoms with Crippen LogP contribution in [0, 0.1) is 23.1 Å². The minimum Gasteiger partial charge on any atom is -0.258 e. The van der Waals surface area contributed by atoms with E-state index in [1.807, 2.05) is 19.1 Å². The molecule has 0 fully saturated rings. The predicted octanol–water partition coefficient (Wildman–Crippen LogP) is 3.37. The maximum absolute atomic E-state index is 10.9. The normalized spacial score (nSPS) is 10.1. The zero-order valence-electron chi connectivity index (χ0n) is 8.81. The SMILES string of the molecule is Cc1c[c]ccc1-c1ccccc1[N+](=O)[O-]. The minimum atomic E-state index is -0.356. The van der Waals surface area contributed by atoms with Gasteiger partial charge in [-0.3, -0.25) is 10.1 Å². The molecule has 0 bridgehead atoms. The molecule has 2 rings (SSSR count). The number of rotatable bonds is 2. The Labute approximate surface area is 93.5 Å². The summed E-state index contributed by atoms with van der Waals surface area (Å²) >= 11 is 0. The van der Waals surface area contributed by atoms with E-state index in [1.54, 1.807) is 24.3 Å². The highest BCUT2D eigenvalue weighted by Gasteiger charge is 2.14.